The van der Waals surface area contributed by atoms with Crippen LogP contribution in [0, 0.1) is 10.1 Å². The van der Waals surface area contributed by atoms with Crippen LogP contribution >= 0.6 is 0 Å². The molecule has 32 heavy (non-hydrogen) atoms. The van der Waals surface area contributed by atoms with Crippen molar-refractivity contribution in [3.05, 3.63) is 70.1 Å². The van der Waals surface area contributed by atoms with E-state index in [9.17, 15) is 19.7 Å². The summed E-state index contributed by atoms with van der Waals surface area (Å²) in [5.74, 6) is -0.192. The largest absolute Gasteiger partial charge is 0.456 e. The minimum absolute atomic E-state index is 0.00746. The van der Waals surface area contributed by atoms with Gasteiger partial charge in [0.15, 0.2) is 6.61 Å². The third-order valence-electron chi connectivity index (χ3n) is 5.09. The maximum Gasteiger partial charge on any atom is 0.306 e. The molecular weight excluding hydrogens is 416 g/mol. The number of esters is 1. The molecule has 1 aromatic heterocycles. The number of aromatic nitrogens is 2. The average molecular weight is 436 g/mol. The molecule has 4 rings (SSSR count). The number of nitro benzene ring substituents is 1. The number of nitro groups is 1. The van der Waals surface area contributed by atoms with Crippen molar-refractivity contribution in [2.45, 2.75) is 25.7 Å². The maximum atomic E-state index is 12.6. The van der Waals surface area contributed by atoms with E-state index in [2.05, 4.69) is 10.1 Å². The first-order chi connectivity index (χ1) is 15.5. The number of carbonyl (C=O) groups excluding carboxylic acids is 2. The van der Waals surface area contributed by atoms with E-state index in [4.69, 9.17) is 9.26 Å². The first-order valence-corrected chi connectivity index (χ1v) is 10.1. The van der Waals surface area contributed by atoms with Gasteiger partial charge < -0.3 is 14.2 Å². The highest BCUT2D eigenvalue weighted by Crippen LogP contribution is 2.30. The number of amides is 1. The number of ether oxygens (including phenoxy) is 1. The molecule has 0 bridgehead atoms. The lowest BCUT2D eigenvalue weighted by molar-refractivity contribution is -0.384. The van der Waals surface area contributed by atoms with Crippen molar-refractivity contribution < 1.29 is 23.8 Å². The van der Waals surface area contributed by atoms with Crippen molar-refractivity contribution in [2.24, 2.45) is 0 Å². The molecule has 10 heteroatoms. The summed E-state index contributed by atoms with van der Waals surface area (Å²) in [5, 5.41) is 14.9. The predicted octanol–water partition coefficient (Wildman–Crippen LogP) is 3.10. The van der Waals surface area contributed by atoms with Crippen molar-refractivity contribution in [1.82, 2.24) is 10.1 Å². The van der Waals surface area contributed by atoms with Gasteiger partial charge in [-0.15, -0.1) is 0 Å². The monoisotopic (exact) mass is 436 g/mol. The van der Waals surface area contributed by atoms with Crippen LogP contribution in [0.5, 0.6) is 0 Å². The summed E-state index contributed by atoms with van der Waals surface area (Å²) < 4.78 is 10.3. The number of anilines is 1. The third kappa shape index (κ3) is 4.80. The first-order valence-electron chi connectivity index (χ1n) is 10.1. The molecule has 164 valence electrons. The van der Waals surface area contributed by atoms with Crippen LogP contribution in [0.4, 0.5) is 11.4 Å². The highest BCUT2D eigenvalue weighted by molar-refractivity contribution is 5.96. The van der Waals surface area contributed by atoms with Gasteiger partial charge in [-0.25, -0.2) is 0 Å². The second kappa shape index (κ2) is 9.38. The zero-order valence-corrected chi connectivity index (χ0v) is 17.1. The second-order valence-corrected chi connectivity index (χ2v) is 7.26. The van der Waals surface area contributed by atoms with Crippen molar-refractivity contribution in [1.29, 1.82) is 0 Å². The fourth-order valence-corrected chi connectivity index (χ4v) is 3.52. The number of fused-ring (bicyclic) bond motifs is 1. The summed E-state index contributed by atoms with van der Waals surface area (Å²) in [7, 11) is 0. The lowest BCUT2D eigenvalue weighted by atomic mass is 10.0. The fraction of sp³-hybridized carbons (Fsp3) is 0.273. The summed E-state index contributed by atoms with van der Waals surface area (Å²) in [6.07, 6.45) is 1.51. The van der Waals surface area contributed by atoms with Crippen LogP contribution < -0.4 is 4.90 Å². The van der Waals surface area contributed by atoms with Crippen LogP contribution in [0.1, 0.15) is 24.3 Å². The topological polar surface area (TPSA) is 129 Å². The normalized spacial score (nSPS) is 12.8. The molecule has 0 saturated carbocycles. The number of rotatable bonds is 7. The molecule has 0 N–H and O–H groups in total. The van der Waals surface area contributed by atoms with E-state index in [1.807, 2.05) is 30.3 Å². The smallest absolute Gasteiger partial charge is 0.306 e. The fourth-order valence-electron chi connectivity index (χ4n) is 3.52. The van der Waals surface area contributed by atoms with Gasteiger partial charge >= 0.3 is 5.97 Å². The molecule has 2 aromatic carbocycles. The number of hydrogen-bond donors (Lipinski definition) is 0. The minimum Gasteiger partial charge on any atom is -0.456 e. The van der Waals surface area contributed by atoms with E-state index in [1.165, 1.54) is 17.0 Å². The Hall–Kier alpha value is -4.08. The van der Waals surface area contributed by atoms with Gasteiger partial charge in [0.1, 0.15) is 0 Å². The van der Waals surface area contributed by atoms with Crippen LogP contribution in [0.15, 0.2) is 53.1 Å². The Balaban J connectivity index is 1.29. The molecular formula is C22H20N4O6. The van der Waals surface area contributed by atoms with Crippen LogP contribution in [-0.2, 0) is 27.2 Å². The van der Waals surface area contributed by atoms with Crippen LogP contribution in [0.2, 0.25) is 0 Å². The highest BCUT2D eigenvalue weighted by atomic mass is 16.6. The molecule has 1 aliphatic heterocycles. The van der Waals surface area contributed by atoms with Gasteiger partial charge in [0.25, 0.3) is 11.6 Å². The maximum absolute atomic E-state index is 12.6. The average Bonchev–Trinajstić information content (AvgIpc) is 3.30. The van der Waals surface area contributed by atoms with Gasteiger partial charge in [-0.05, 0) is 24.5 Å². The molecule has 0 unspecified atom stereocenters. The van der Waals surface area contributed by atoms with Crippen molar-refractivity contribution in [3.8, 4) is 11.4 Å². The standard InChI is InChI=1S/C22H20N4O6/c27-20(25-12-4-7-16-13-17(26(29)30)8-9-18(16)25)14-31-21(28)11-10-19-23-22(24-32-19)15-5-2-1-3-6-15/h1-3,5-6,8-9,13H,4,7,10-12,14H2. The zero-order valence-electron chi connectivity index (χ0n) is 17.1. The summed E-state index contributed by atoms with van der Waals surface area (Å²) >= 11 is 0. The summed E-state index contributed by atoms with van der Waals surface area (Å²) in [6, 6.07) is 13.7. The van der Waals surface area contributed by atoms with Gasteiger partial charge in [0.2, 0.25) is 11.7 Å². The lowest BCUT2D eigenvalue weighted by Gasteiger charge is -2.29. The van der Waals surface area contributed by atoms with E-state index in [0.29, 0.717) is 36.8 Å². The number of hydrogen-bond acceptors (Lipinski definition) is 8. The summed E-state index contributed by atoms with van der Waals surface area (Å²) in [4.78, 5) is 40.9. The molecule has 0 saturated heterocycles. The second-order valence-electron chi connectivity index (χ2n) is 7.26. The Morgan fingerprint density at radius 3 is 2.78 bits per heavy atom. The van der Waals surface area contributed by atoms with E-state index >= 15 is 0 Å². The van der Waals surface area contributed by atoms with Gasteiger partial charge in [-0.2, -0.15) is 4.98 Å². The Morgan fingerprint density at radius 2 is 2.00 bits per heavy atom. The quantitative estimate of drug-likeness (QED) is 0.314. The van der Waals surface area contributed by atoms with Gasteiger partial charge in [-0.1, -0.05) is 35.5 Å². The minimum atomic E-state index is -0.557. The van der Waals surface area contributed by atoms with E-state index in [-0.39, 0.29) is 24.4 Å². The number of benzene rings is 2. The van der Waals surface area contributed by atoms with Crippen LogP contribution in [-0.4, -0.2) is 40.1 Å². The molecule has 0 spiro atoms. The zero-order chi connectivity index (χ0) is 22.5. The summed E-state index contributed by atoms with van der Waals surface area (Å²) in [6.45, 7) is 0.0554. The molecule has 0 aliphatic carbocycles. The summed E-state index contributed by atoms with van der Waals surface area (Å²) in [5.41, 5.74) is 2.14. The van der Waals surface area contributed by atoms with E-state index in [1.54, 1.807) is 6.07 Å². The molecule has 0 fully saturated rings. The van der Waals surface area contributed by atoms with Crippen molar-refractivity contribution in [3.63, 3.8) is 0 Å². The van der Waals surface area contributed by atoms with E-state index in [0.717, 1.165) is 11.1 Å². The Bertz CT molecular complexity index is 1140. The molecule has 1 amide bonds. The molecule has 3 aromatic rings. The molecule has 0 atom stereocenters. The molecule has 10 nitrogen and oxygen atoms in total. The highest BCUT2D eigenvalue weighted by Gasteiger charge is 2.25. The number of aryl methyl sites for hydroxylation is 2. The van der Waals surface area contributed by atoms with Crippen molar-refractivity contribution in [2.75, 3.05) is 18.1 Å². The Morgan fingerprint density at radius 1 is 1.19 bits per heavy atom. The van der Waals surface area contributed by atoms with Gasteiger partial charge in [0, 0.05) is 36.3 Å². The predicted molar refractivity (Wildman–Crippen MR) is 113 cm³/mol. The third-order valence-corrected chi connectivity index (χ3v) is 5.09. The van der Waals surface area contributed by atoms with Gasteiger partial charge in [0.05, 0.1) is 11.3 Å². The number of nitrogens with zero attached hydrogens (tertiary/aromatic N) is 4. The molecule has 0 radical (unpaired) electrons. The first kappa shape index (κ1) is 21.2. The van der Waals surface area contributed by atoms with E-state index < -0.39 is 17.5 Å². The SMILES string of the molecule is O=C(CCc1nc(-c2ccccc2)no1)OCC(=O)N1CCCc2cc([N+](=O)[O-])ccc21. The Kier molecular flexibility index (Phi) is 6.20. The lowest BCUT2D eigenvalue weighted by Crippen LogP contribution is -2.38. The number of non-ortho nitro benzene ring substituents is 1. The Labute approximate surface area is 182 Å². The van der Waals surface area contributed by atoms with Crippen molar-refractivity contribution >= 4 is 23.3 Å². The van der Waals surface area contributed by atoms with Crippen LogP contribution in [0.3, 0.4) is 0 Å². The molecule has 2 heterocycles. The van der Waals surface area contributed by atoms with Gasteiger partial charge in [-0.3, -0.25) is 19.7 Å². The molecule has 1 aliphatic rings. The van der Waals surface area contributed by atoms with Crippen LogP contribution in [0.25, 0.3) is 11.4 Å². The number of carbonyl (C=O) groups is 2.